The third-order valence-corrected chi connectivity index (χ3v) is 4.07. The normalized spacial score (nSPS) is 24.3. The molecule has 19 heavy (non-hydrogen) atoms. The summed E-state index contributed by atoms with van der Waals surface area (Å²) < 4.78 is 4.97. The van der Waals surface area contributed by atoms with Crippen LogP contribution in [0, 0.1) is 0 Å². The molecule has 2 amide bonds. The Bertz CT molecular complexity index is 333. The summed E-state index contributed by atoms with van der Waals surface area (Å²) in [5.74, 6) is 0.185. The summed E-state index contributed by atoms with van der Waals surface area (Å²) >= 11 is 0. The summed E-state index contributed by atoms with van der Waals surface area (Å²) in [5.41, 5.74) is 0. The molecule has 2 fully saturated rings. The molecule has 2 rings (SSSR count). The Hall–Kier alpha value is -1.26. The highest BCUT2D eigenvalue weighted by atomic mass is 16.6. The molecule has 0 N–H and O–H groups in total. The molecule has 0 aromatic heterocycles. The number of cyclic esters (lactones) is 1. The van der Waals surface area contributed by atoms with Gasteiger partial charge in [0.05, 0.1) is 6.61 Å². The molecule has 0 aliphatic carbocycles. The lowest BCUT2D eigenvalue weighted by Crippen LogP contribution is -2.45. The van der Waals surface area contributed by atoms with Crippen molar-refractivity contribution in [1.29, 1.82) is 0 Å². The first-order chi connectivity index (χ1) is 9.22. The van der Waals surface area contributed by atoms with Crippen molar-refractivity contribution in [3.05, 3.63) is 0 Å². The zero-order valence-corrected chi connectivity index (χ0v) is 11.8. The Morgan fingerprint density at radius 1 is 1.32 bits per heavy atom. The van der Waals surface area contributed by atoms with Crippen LogP contribution in [0.25, 0.3) is 0 Å². The van der Waals surface area contributed by atoms with E-state index in [0.29, 0.717) is 32.2 Å². The monoisotopic (exact) mass is 268 g/mol. The minimum atomic E-state index is -0.273. The first kappa shape index (κ1) is 14.2. The van der Waals surface area contributed by atoms with Crippen molar-refractivity contribution in [2.45, 2.75) is 51.5 Å². The molecule has 2 aliphatic heterocycles. The van der Waals surface area contributed by atoms with E-state index in [-0.39, 0.29) is 12.0 Å². The number of ether oxygens (including phenoxy) is 1. The fourth-order valence-corrected chi connectivity index (χ4v) is 2.93. The summed E-state index contributed by atoms with van der Waals surface area (Å²) in [5, 5.41) is 0. The fraction of sp³-hybridized carbons (Fsp3) is 0.857. The Balaban J connectivity index is 1.81. The maximum absolute atomic E-state index is 12.3. The molecule has 0 aromatic carbocycles. The van der Waals surface area contributed by atoms with Gasteiger partial charge in [-0.1, -0.05) is 6.92 Å². The van der Waals surface area contributed by atoms with Crippen molar-refractivity contribution in [3.8, 4) is 0 Å². The molecular weight excluding hydrogens is 244 g/mol. The lowest BCUT2D eigenvalue weighted by atomic mass is 9.99. The predicted molar refractivity (Wildman–Crippen MR) is 71.8 cm³/mol. The molecule has 5 heteroatoms. The van der Waals surface area contributed by atoms with Crippen molar-refractivity contribution in [1.82, 2.24) is 9.80 Å². The number of hydrogen-bond acceptors (Lipinski definition) is 3. The molecule has 0 saturated carbocycles. The Labute approximate surface area is 114 Å². The molecular formula is C14H24N2O3. The summed E-state index contributed by atoms with van der Waals surface area (Å²) in [6.45, 7) is 4.72. The first-order valence-electron chi connectivity index (χ1n) is 7.43. The average Bonchev–Trinajstić information content (AvgIpc) is 2.46. The zero-order chi connectivity index (χ0) is 13.7. The SMILES string of the molecule is CCC1CCCCN1C(=O)CCN1CCCOC1=O. The van der Waals surface area contributed by atoms with Crippen LogP contribution < -0.4 is 0 Å². The van der Waals surface area contributed by atoms with Crippen molar-refractivity contribution in [2.24, 2.45) is 0 Å². The molecule has 0 bridgehead atoms. The number of amides is 2. The Morgan fingerprint density at radius 3 is 2.89 bits per heavy atom. The van der Waals surface area contributed by atoms with E-state index in [1.165, 1.54) is 6.42 Å². The van der Waals surface area contributed by atoms with Crippen LogP contribution >= 0.6 is 0 Å². The minimum absolute atomic E-state index is 0.185. The van der Waals surface area contributed by atoms with Gasteiger partial charge in [0.1, 0.15) is 0 Å². The third kappa shape index (κ3) is 3.61. The van der Waals surface area contributed by atoms with Gasteiger partial charge in [-0.2, -0.15) is 0 Å². The van der Waals surface area contributed by atoms with Gasteiger partial charge < -0.3 is 14.5 Å². The van der Waals surface area contributed by atoms with Crippen LogP contribution in [-0.2, 0) is 9.53 Å². The molecule has 2 aliphatic rings. The number of nitrogens with zero attached hydrogens (tertiary/aromatic N) is 2. The summed E-state index contributed by atoms with van der Waals surface area (Å²) in [6, 6.07) is 0.398. The van der Waals surface area contributed by atoms with Gasteiger partial charge in [-0.3, -0.25) is 4.79 Å². The highest BCUT2D eigenvalue weighted by molar-refractivity contribution is 5.77. The van der Waals surface area contributed by atoms with Crippen LogP contribution in [0.4, 0.5) is 4.79 Å². The topological polar surface area (TPSA) is 49.9 Å². The highest BCUT2D eigenvalue weighted by Crippen LogP contribution is 2.20. The zero-order valence-electron chi connectivity index (χ0n) is 11.8. The van der Waals surface area contributed by atoms with Gasteiger partial charge in [-0.05, 0) is 32.1 Å². The number of carbonyl (C=O) groups is 2. The first-order valence-corrected chi connectivity index (χ1v) is 7.43. The van der Waals surface area contributed by atoms with Crippen LogP contribution in [0.1, 0.15) is 45.4 Å². The second-order valence-corrected chi connectivity index (χ2v) is 5.35. The van der Waals surface area contributed by atoms with E-state index in [4.69, 9.17) is 4.74 Å². The van der Waals surface area contributed by atoms with Gasteiger partial charge in [-0.25, -0.2) is 4.79 Å². The lowest BCUT2D eigenvalue weighted by molar-refractivity contribution is -0.135. The van der Waals surface area contributed by atoms with E-state index in [9.17, 15) is 9.59 Å². The molecule has 0 radical (unpaired) electrons. The fourth-order valence-electron chi connectivity index (χ4n) is 2.93. The smallest absolute Gasteiger partial charge is 0.409 e. The molecule has 0 aromatic rings. The number of piperidine rings is 1. The van der Waals surface area contributed by atoms with Gasteiger partial charge in [0.2, 0.25) is 5.91 Å². The summed E-state index contributed by atoms with van der Waals surface area (Å²) in [7, 11) is 0. The highest BCUT2D eigenvalue weighted by Gasteiger charge is 2.26. The second-order valence-electron chi connectivity index (χ2n) is 5.35. The number of carbonyl (C=O) groups excluding carboxylic acids is 2. The van der Waals surface area contributed by atoms with E-state index in [2.05, 4.69) is 6.92 Å². The molecule has 2 heterocycles. The lowest BCUT2D eigenvalue weighted by Gasteiger charge is -2.36. The van der Waals surface area contributed by atoms with Gasteiger partial charge in [0.25, 0.3) is 0 Å². The minimum Gasteiger partial charge on any atom is -0.449 e. The van der Waals surface area contributed by atoms with Crippen molar-refractivity contribution in [3.63, 3.8) is 0 Å². The quantitative estimate of drug-likeness (QED) is 0.783. The summed E-state index contributed by atoms with van der Waals surface area (Å²) in [6.07, 6.45) is 5.48. The van der Waals surface area contributed by atoms with Crippen LogP contribution in [0.2, 0.25) is 0 Å². The van der Waals surface area contributed by atoms with Crippen LogP contribution in [0.15, 0.2) is 0 Å². The van der Waals surface area contributed by atoms with Gasteiger partial charge in [0, 0.05) is 32.1 Å². The molecule has 1 atom stereocenters. The van der Waals surface area contributed by atoms with Gasteiger partial charge in [0.15, 0.2) is 0 Å². The van der Waals surface area contributed by atoms with Crippen molar-refractivity contribution in [2.75, 3.05) is 26.2 Å². The van der Waals surface area contributed by atoms with E-state index in [1.807, 2.05) is 4.90 Å². The van der Waals surface area contributed by atoms with Gasteiger partial charge in [-0.15, -0.1) is 0 Å². The number of hydrogen-bond donors (Lipinski definition) is 0. The third-order valence-electron chi connectivity index (χ3n) is 4.07. The van der Waals surface area contributed by atoms with Gasteiger partial charge >= 0.3 is 6.09 Å². The maximum Gasteiger partial charge on any atom is 0.409 e. The standard InChI is InChI=1S/C14H24N2O3/c1-2-12-6-3-4-9-16(12)13(17)7-10-15-8-5-11-19-14(15)18/h12H,2-11H2,1H3. The van der Waals surface area contributed by atoms with E-state index < -0.39 is 0 Å². The van der Waals surface area contributed by atoms with Crippen molar-refractivity contribution < 1.29 is 14.3 Å². The molecule has 5 nitrogen and oxygen atoms in total. The maximum atomic E-state index is 12.3. The van der Waals surface area contributed by atoms with Crippen LogP contribution in [0.5, 0.6) is 0 Å². The second kappa shape index (κ2) is 6.78. The molecule has 0 spiro atoms. The van der Waals surface area contributed by atoms with Crippen molar-refractivity contribution >= 4 is 12.0 Å². The molecule has 2 saturated heterocycles. The Morgan fingerprint density at radius 2 is 2.16 bits per heavy atom. The summed E-state index contributed by atoms with van der Waals surface area (Å²) in [4.78, 5) is 27.4. The molecule has 108 valence electrons. The largest absolute Gasteiger partial charge is 0.449 e. The van der Waals surface area contributed by atoms with E-state index in [0.717, 1.165) is 32.2 Å². The number of likely N-dealkylation sites (tertiary alicyclic amines) is 1. The number of rotatable bonds is 4. The average molecular weight is 268 g/mol. The van der Waals surface area contributed by atoms with Crippen LogP contribution in [0.3, 0.4) is 0 Å². The van der Waals surface area contributed by atoms with Crippen LogP contribution in [-0.4, -0.2) is 54.1 Å². The predicted octanol–water partition coefficient (Wildman–Crippen LogP) is 2.01. The Kier molecular flexibility index (Phi) is 5.05. The molecule has 1 unspecified atom stereocenters. The van der Waals surface area contributed by atoms with E-state index >= 15 is 0 Å². The van der Waals surface area contributed by atoms with E-state index in [1.54, 1.807) is 4.90 Å².